The van der Waals surface area contributed by atoms with Crippen LogP contribution < -0.4 is 0 Å². The van der Waals surface area contributed by atoms with Crippen LogP contribution in [0.3, 0.4) is 0 Å². The normalized spacial score (nSPS) is 11.7. The molecule has 0 bridgehead atoms. The minimum absolute atomic E-state index is 0. The number of carbonyl (C=O) groups is 1. The summed E-state index contributed by atoms with van der Waals surface area (Å²) >= 11 is 0. The summed E-state index contributed by atoms with van der Waals surface area (Å²) in [7, 11) is 0. The minimum Gasteiger partial charge on any atom is 0 e. The number of hydrogen-bond donors (Lipinski definition) is 0. The van der Waals surface area contributed by atoms with E-state index in [2.05, 4.69) is 20.0 Å². The number of ether oxygens (including phenoxy) is 1. The zero-order valence-corrected chi connectivity index (χ0v) is 10.9. The van der Waals surface area contributed by atoms with Gasteiger partial charge < -0.3 is 4.74 Å². The third kappa shape index (κ3) is 19.0. The predicted molar refractivity (Wildman–Crippen MR) is 44.0 cm³/mol. The molecule has 5 nitrogen and oxygen atoms in total. The quantitative estimate of drug-likeness (QED) is 0.375. The predicted octanol–water partition coefficient (Wildman–Crippen LogP) is 0.797. The fraction of sp³-hybridized carbons (Fsp3) is 0.100. The molecule has 0 N–H and O–H groups in total. The van der Waals surface area contributed by atoms with E-state index in [0.717, 1.165) is 0 Å². The van der Waals surface area contributed by atoms with Crippen LogP contribution in [0.15, 0.2) is 0 Å². The summed E-state index contributed by atoms with van der Waals surface area (Å²) in [6, 6.07) is 0. The van der Waals surface area contributed by atoms with E-state index >= 15 is 0 Å². The molecule has 0 unspecified atom stereocenters. The second-order valence-corrected chi connectivity index (χ2v) is 1.71. The largest absolute Gasteiger partial charge is 0 e. The molecule has 0 aromatic rings. The van der Waals surface area contributed by atoms with Crippen LogP contribution in [0, 0.1) is 51.7 Å². The molecule has 1 saturated carbocycles. The van der Waals surface area contributed by atoms with Crippen LogP contribution >= 0.6 is 0 Å². The Hall–Kier alpha value is -0.648. The van der Waals surface area contributed by atoms with Crippen LogP contribution in [0.25, 0.3) is 0 Å². The SMILES string of the molecule is CC(=O)O[C]1[CH][CH][CH][CH]1.[C-]#[O+].[C-]#[O+].[C-]#[O+].[Re]. The summed E-state index contributed by atoms with van der Waals surface area (Å²) in [5, 5.41) is 0. The van der Waals surface area contributed by atoms with E-state index in [4.69, 9.17) is 18.7 Å². The molecule has 0 aromatic heterocycles. The fourth-order valence-electron chi connectivity index (χ4n) is 0.590. The molecule has 0 aliphatic heterocycles. The molecule has 0 amide bonds. The number of esters is 1. The van der Waals surface area contributed by atoms with E-state index in [9.17, 15) is 4.79 Å². The summed E-state index contributed by atoms with van der Waals surface area (Å²) in [6.45, 7) is 14.9. The van der Waals surface area contributed by atoms with Gasteiger partial charge in [-0.25, -0.2) is 0 Å². The van der Waals surface area contributed by atoms with E-state index in [1.54, 1.807) is 12.8 Å². The molecular formula is C10H7O5Re. The summed E-state index contributed by atoms with van der Waals surface area (Å²) in [5.74, 6) is -0.277. The Bertz CT molecular complexity index is 189. The first kappa shape index (κ1) is 24.5. The molecule has 1 rings (SSSR count). The van der Waals surface area contributed by atoms with Crippen molar-refractivity contribution < 1.29 is 43.9 Å². The van der Waals surface area contributed by atoms with Gasteiger partial charge in [-0.05, 0) is 12.8 Å². The monoisotopic (exact) mass is 394 g/mol. The zero-order valence-electron chi connectivity index (χ0n) is 8.23. The molecule has 6 heteroatoms. The van der Waals surface area contributed by atoms with Gasteiger partial charge in [0, 0.05) is 40.2 Å². The molecule has 1 aliphatic rings. The Morgan fingerprint density at radius 2 is 1.38 bits per heavy atom. The second-order valence-electron chi connectivity index (χ2n) is 1.71. The standard InChI is InChI=1S/C7H7O2.3CO.Re/c1-6(8)9-7-4-2-3-5-7;3*1-2;/h2-5H,1H3;;;;. The molecule has 0 heterocycles. The van der Waals surface area contributed by atoms with E-state index < -0.39 is 0 Å². The van der Waals surface area contributed by atoms with Crippen LogP contribution in [0.1, 0.15) is 6.92 Å². The average molecular weight is 393 g/mol. The van der Waals surface area contributed by atoms with Gasteiger partial charge in [0.1, 0.15) is 0 Å². The fourth-order valence-corrected chi connectivity index (χ4v) is 0.590. The Labute approximate surface area is 109 Å². The Balaban J connectivity index is -0.0000000900. The smallest absolute Gasteiger partial charge is 0 e. The second kappa shape index (κ2) is 23.9. The molecule has 16 heavy (non-hydrogen) atoms. The van der Waals surface area contributed by atoms with Gasteiger partial charge in [-0.3, -0.25) is 4.79 Å². The Kier molecular flexibility index (Phi) is 36.6. The molecule has 0 saturated heterocycles. The molecule has 0 atom stereocenters. The van der Waals surface area contributed by atoms with Crippen molar-refractivity contribution in [3.8, 4) is 0 Å². The van der Waals surface area contributed by atoms with Crippen molar-refractivity contribution in [2.24, 2.45) is 0 Å². The van der Waals surface area contributed by atoms with Gasteiger partial charge in [0.05, 0.1) is 0 Å². The Morgan fingerprint density at radius 3 is 1.62 bits per heavy atom. The van der Waals surface area contributed by atoms with Crippen molar-refractivity contribution >= 4 is 5.97 Å². The topological polar surface area (TPSA) is 86.0 Å². The molecule has 0 spiro atoms. The Morgan fingerprint density at radius 1 is 1.06 bits per heavy atom. The van der Waals surface area contributed by atoms with Crippen molar-refractivity contribution in [3.05, 3.63) is 51.7 Å². The molecule has 1 fully saturated rings. The van der Waals surface area contributed by atoms with Crippen LogP contribution in [0.4, 0.5) is 0 Å². The van der Waals surface area contributed by atoms with Crippen molar-refractivity contribution in [1.82, 2.24) is 0 Å². The third-order valence-electron chi connectivity index (χ3n) is 0.894. The van der Waals surface area contributed by atoms with Crippen LogP contribution in [0.5, 0.6) is 0 Å². The van der Waals surface area contributed by atoms with Crippen molar-refractivity contribution in [2.75, 3.05) is 0 Å². The molecular weight excluding hydrogens is 386 g/mol. The summed E-state index contributed by atoms with van der Waals surface area (Å²) < 4.78 is 27.2. The van der Waals surface area contributed by atoms with Crippen LogP contribution in [0.2, 0.25) is 0 Å². The van der Waals surface area contributed by atoms with E-state index in [-0.39, 0.29) is 26.4 Å². The zero-order chi connectivity index (χ0) is 12.7. The maximum Gasteiger partial charge on any atom is 0 e. The van der Waals surface area contributed by atoms with E-state index in [1.165, 1.54) is 6.92 Å². The van der Waals surface area contributed by atoms with Gasteiger partial charge in [0.2, 0.25) is 0 Å². The van der Waals surface area contributed by atoms with Crippen molar-refractivity contribution in [1.29, 1.82) is 0 Å². The molecule has 1 aliphatic carbocycles. The number of hydrogen-bond acceptors (Lipinski definition) is 2. The molecule has 84 valence electrons. The van der Waals surface area contributed by atoms with Crippen molar-refractivity contribution in [2.45, 2.75) is 6.92 Å². The maximum absolute atomic E-state index is 10.3. The first-order valence-corrected chi connectivity index (χ1v) is 3.30. The molecule has 0 aromatic carbocycles. The van der Waals surface area contributed by atoms with E-state index in [1.807, 2.05) is 12.8 Å². The minimum atomic E-state index is -0.277. The first-order valence-electron chi connectivity index (χ1n) is 3.30. The number of rotatable bonds is 1. The third-order valence-corrected chi connectivity index (χ3v) is 0.894. The average Bonchev–Trinajstić information content (AvgIpc) is 2.78. The van der Waals surface area contributed by atoms with Gasteiger partial charge >= 0.3 is 39.9 Å². The van der Waals surface area contributed by atoms with Crippen LogP contribution in [-0.2, 0) is 43.9 Å². The van der Waals surface area contributed by atoms with Gasteiger partial charge in [-0.1, -0.05) is 0 Å². The number of carbonyl (C=O) groups excluding carboxylic acids is 1. The van der Waals surface area contributed by atoms with Gasteiger partial charge in [-0.15, -0.1) is 0 Å². The summed E-state index contributed by atoms with van der Waals surface area (Å²) in [4.78, 5) is 10.3. The first-order chi connectivity index (χ1) is 7.29. The summed E-state index contributed by atoms with van der Waals surface area (Å²) in [5.41, 5.74) is 0. The van der Waals surface area contributed by atoms with Gasteiger partial charge in [0.25, 0.3) is 0 Å². The van der Waals surface area contributed by atoms with Crippen molar-refractivity contribution in [3.63, 3.8) is 0 Å². The van der Waals surface area contributed by atoms with Crippen LogP contribution in [-0.4, -0.2) is 5.97 Å². The maximum atomic E-state index is 10.3. The van der Waals surface area contributed by atoms with Gasteiger partial charge in [-0.2, -0.15) is 0 Å². The van der Waals surface area contributed by atoms with E-state index in [0.29, 0.717) is 6.10 Å². The summed E-state index contributed by atoms with van der Waals surface area (Å²) in [6.07, 6.45) is 7.72. The van der Waals surface area contributed by atoms with Gasteiger partial charge in [0.15, 0.2) is 6.10 Å². The molecule has 6 radical (unpaired) electrons.